The van der Waals surface area contributed by atoms with E-state index in [1.54, 1.807) is 4.90 Å². The van der Waals surface area contributed by atoms with Gasteiger partial charge in [0.2, 0.25) is 11.8 Å². The first-order valence-electron chi connectivity index (χ1n) is 7.03. The summed E-state index contributed by atoms with van der Waals surface area (Å²) in [6.07, 6.45) is 4.59. The van der Waals surface area contributed by atoms with Crippen molar-refractivity contribution < 1.29 is 13.8 Å². The van der Waals surface area contributed by atoms with Crippen LogP contribution in [-0.4, -0.2) is 51.1 Å². The van der Waals surface area contributed by atoms with Crippen LogP contribution in [0.5, 0.6) is 0 Å². The van der Waals surface area contributed by atoms with Crippen LogP contribution in [0.4, 0.5) is 0 Å². The molecule has 0 bridgehead atoms. The summed E-state index contributed by atoms with van der Waals surface area (Å²) in [5.41, 5.74) is -0.665. The van der Waals surface area contributed by atoms with E-state index in [-0.39, 0.29) is 18.4 Å². The van der Waals surface area contributed by atoms with E-state index in [1.165, 1.54) is 0 Å². The van der Waals surface area contributed by atoms with Crippen LogP contribution in [0.2, 0.25) is 0 Å². The third-order valence-corrected chi connectivity index (χ3v) is 5.31. The van der Waals surface area contributed by atoms with Gasteiger partial charge < -0.3 is 10.2 Å². The molecule has 1 atom stereocenters. The second kappa shape index (κ2) is 6.03. The van der Waals surface area contributed by atoms with Crippen LogP contribution in [-0.2, 0) is 20.4 Å². The topological polar surface area (TPSA) is 66.5 Å². The molecule has 19 heavy (non-hydrogen) atoms. The summed E-state index contributed by atoms with van der Waals surface area (Å²) in [5, 5.41) is 2.91. The third-order valence-electron chi connectivity index (χ3n) is 4.03. The van der Waals surface area contributed by atoms with Crippen LogP contribution in [0.15, 0.2) is 0 Å². The number of piperazine rings is 1. The van der Waals surface area contributed by atoms with Crippen LogP contribution in [0, 0.1) is 0 Å². The number of amides is 2. The molecular weight excluding hydrogens is 264 g/mol. The van der Waals surface area contributed by atoms with E-state index in [1.807, 2.05) is 6.92 Å². The van der Waals surface area contributed by atoms with Crippen molar-refractivity contribution in [3.05, 3.63) is 0 Å². The van der Waals surface area contributed by atoms with E-state index in [0.29, 0.717) is 18.1 Å². The number of carbonyl (C=O) groups is 2. The largest absolute Gasteiger partial charge is 0.340 e. The van der Waals surface area contributed by atoms with Crippen molar-refractivity contribution in [1.82, 2.24) is 10.2 Å². The van der Waals surface area contributed by atoms with Crippen LogP contribution in [0.1, 0.15) is 39.0 Å². The van der Waals surface area contributed by atoms with Crippen molar-refractivity contribution in [1.29, 1.82) is 0 Å². The van der Waals surface area contributed by atoms with E-state index in [4.69, 9.17) is 0 Å². The summed E-state index contributed by atoms with van der Waals surface area (Å²) >= 11 is 0. The minimum atomic E-state index is -0.897. The van der Waals surface area contributed by atoms with Crippen LogP contribution >= 0.6 is 0 Å². The highest BCUT2D eigenvalue weighted by molar-refractivity contribution is 7.84. The van der Waals surface area contributed by atoms with Gasteiger partial charge in [-0.15, -0.1) is 0 Å². The molecule has 1 saturated heterocycles. The van der Waals surface area contributed by atoms with Gasteiger partial charge in [0.05, 0.1) is 6.54 Å². The molecule has 5 nitrogen and oxygen atoms in total. The summed E-state index contributed by atoms with van der Waals surface area (Å²) < 4.78 is 11.5. The van der Waals surface area contributed by atoms with Crippen molar-refractivity contribution in [2.75, 3.05) is 24.6 Å². The van der Waals surface area contributed by atoms with Crippen molar-refractivity contribution in [3.8, 4) is 0 Å². The van der Waals surface area contributed by atoms with Gasteiger partial charge >= 0.3 is 0 Å². The predicted molar refractivity (Wildman–Crippen MR) is 74.1 cm³/mol. The van der Waals surface area contributed by atoms with Gasteiger partial charge in [0.25, 0.3) is 0 Å². The van der Waals surface area contributed by atoms with Gasteiger partial charge in [-0.25, -0.2) is 0 Å². The molecule has 0 radical (unpaired) electrons. The van der Waals surface area contributed by atoms with E-state index in [2.05, 4.69) is 5.32 Å². The summed E-state index contributed by atoms with van der Waals surface area (Å²) in [7, 11) is -0.897. The molecule has 1 aliphatic carbocycles. The number of hydrogen-bond acceptors (Lipinski definition) is 3. The highest BCUT2D eigenvalue weighted by atomic mass is 32.2. The summed E-state index contributed by atoms with van der Waals surface area (Å²) in [6.45, 7) is 2.40. The fourth-order valence-corrected chi connectivity index (χ4v) is 3.65. The lowest BCUT2D eigenvalue weighted by Crippen LogP contribution is -2.67. The zero-order valence-corrected chi connectivity index (χ0v) is 12.3. The Hall–Kier alpha value is -0.910. The highest BCUT2D eigenvalue weighted by Gasteiger charge is 2.46. The molecule has 0 aromatic heterocycles. The summed E-state index contributed by atoms with van der Waals surface area (Å²) in [4.78, 5) is 26.0. The molecule has 108 valence electrons. The second-order valence-electron chi connectivity index (χ2n) is 5.35. The minimum Gasteiger partial charge on any atom is -0.340 e. The maximum atomic E-state index is 12.6. The van der Waals surface area contributed by atoms with E-state index in [9.17, 15) is 13.8 Å². The number of nitrogens with one attached hydrogen (secondary N) is 1. The van der Waals surface area contributed by atoms with E-state index in [0.717, 1.165) is 32.1 Å². The van der Waals surface area contributed by atoms with Gasteiger partial charge in [-0.2, -0.15) is 0 Å². The summed E-state index contributed by atoms with van der Waals surface area (Å²) in [6, 6.07) is 0. The normalized spacial score (nSPS) is 24.4. The van der Waals surface area contributed by atoms with Gasteiger partial charge in [0.15, 0.2) is 0 Å². The molecule has 2 rings (SSSR count). The molecule has 1 heterocycles. The van der Waals surface area contributed by atoms with Crippen LogP contribution < -0.4 is 5.32 Å². The molecule has 1 spiro atoms. The number of carbonyl (C=O) groups excluding carboxylic acids is 2. The Kier molecular flexibility index (Phi) is 4.60. The monoisotopic (exact) mass is 286 g/mol. The maximum Gasteiger partial charge on any atom is 0.248 e. The minimum absolute atomic E-state index is 0.0277. The first-order chi connectivity index (χ1) is 9.07. The first-order valence-corrected chi connectivity index (χ1v) is 8.51. The zero-order valence-electron chi connectivity index (χ0n) is 11.4. The molecule has 1 N–H and O–H groups in total. The van der Waals surface area contributed by atoms with Crippen LogP contribution in [0.25, 0.3) is 0 Å². The molecule has 1 unspecified atom stereocenters. The Morgan fingerprint density at radius 3 is 2.58 bits per heavy atom. The molecule has 0 aromatic carbocycles. The number of nitrogens with zero attached hydrogens (tertiary/aromatic N) is 1. The van der Waals surface area contributed by atoms with Gasteiger partial charge in [-0.1, -0.05) is 26.2 Å². The summed E-state index contributed by atoms with van der Waals surface area (Å²) in [5.74, 6) is 1.01. The highest BCUT2D eigenvalue weighted by Crippen LogP contribution is 2.31. The molecule has 0 aromatic rings. The van der Waals surface area contributed by atoms with Gasteiger partial charge in [-0.3, -0.25) is 13.8 Å². The zero-order chi connectivity index (χ0) is 13.9. The van der Waals surface area contributed by atoms with Gasteiger partial charge in [0.1, 0.15) is 5.54 Å². The third kappa shape index (κ3) is 3.16. The van der Waals surface area contributed by atoms with Crippen LogP contribution in [0.3, 0.4) is 0 Å². The average Bonchev–Trinajstić information content (AvgIpc) is 2.42. The molecule has 6 heteroatoms. The predicted octanol–water partition coefficient (Wildman–Crippen LogP) is 0.416. The van der Waals surface area contributed by atoms with Crippen molar-refractivity contribution >= 4 is 22.6 Å². The molecule has 1 aliphatic heterocycles. The molecule has 1 saturated carbocycles. The average molecular weight is 286 g/mol. The van der Waals surface area contributed by atoms with Crippen molar-refractivity contribution in [3.63, 3.8) is 0 Å². The molecular formula is C13H22N2O3S. The van der Waals surface area contributed by atoms with Crippen molar-refractivity contribution in [2.45, 2.75) is 44.6 Å². The van der Waals surface area contributed by atoms with E-state index < -0.39 is 16.3 Å². The maximum absolute atomic E-state index is 12.6. The lowest BCUT2D eigenvalue weighted by molar-refractivity contribution is -0.151. The smallest absolute Gasteiger partial charge is 0.248 e. The Balaban J connectivity index is 2.05. The second-order valence-corrected chi connectivity index (χ2v) is 7.22. The Morgan fingerprint density at radius 2 is 1.95 bits per heavy atom. The fraction of sp³-hybridized carbons (Fsp3) is 0.846. The number of hydrogen-bond donors (Lipinski definition) is 1. The Labute approximate surface area is 116 Å². The van der Waals surface area contributed by atoms with Gasteiger partial charge in [-0.05, 0) is 12.8 Å². The van der Waals surface area contributed by atoms with Crippen molar-refractivity contribution in [2.24, 2.45) is 0 Å². The lowest BCUT2D eigenvalue weighted by Gasteiger charge is -2.44. The molecule has 2 fully saturated rings. The fourth-order valence-electron chi connectivity index (χ4n) is 2.94. The Morgan fingerprint density at radius 1 is 1.26 bits per heavy atom. The quantitative estimate of drug-likeness (QED) is 0.814. The standard InChI is InChI=1S/C13H22N2O3S/c1-2-19(18)9-8-15-10-11(16)14-13(12(15)17)6-4-3-5-7-13/h2-10H2,1H3,(H,14,16). The lowest BCUT2D eigenvalue weighted by atomic mass is 9.79. The first kappa shape index (κ1) is 14.5. The number of rotatable bonds is 4. The van der Waals surface area contributed by atoms with E-state index >= 15 is 0 Å². The Bertz CT molecular complexity index is 391. The molecule has 2 amide bonds. The SMILES string of the molecule is CCS(=O)CCN1CC(=O)NC2(CCCCC2)C1=O. The van der Waals surface area contributed by atoms with Gasteiger partial charge in [0, 0.05) is 28.9 Å². The molecule has 2 aliphatic rings.